The summed E-state index contributed by atoms with van der Waals surface area (Å²) in [4.78, 5) is 29.5. The molecule has 1 aromatic carbocycles. The van der Waals surface area contributed by atoms with Crippen molar-refractivity contribution >= 4 is 23.3 Å². The van der Waals surface area contributed by atoms with Crippen LogP contribution >= 0.6 is 11.3 Å². The molecule has 4 N–H and O–H groups in total. The van der Waals surface area contributed by atoms with Crippen LogP contribution < -0.4 is 16.4 Å². The van der Waals surface area contributed by atoms with Gasteiger partial charge in [-0.1, -0.05) is 37.3 Å². The molecule has 162 valence electrons. The summed E-state index contributed by atoms with van der Waals surface area (Å²) in [7, 11) is 0. The van der Waals surface area contributed by atoms with Gasteiger partial charge < -0.3 is 21.3 Å². The largest absolute Gasteiger partial charge is 0.352 e. The Morgan fingerprint density at radius 1 is 1.07 bits per heavy atom. The third kappa shape index (κ3) is 6.83. The van der Waals surface area contributed by atoms with Gasteiger partial charge in [0.1, 0.15) is 0 Å². The van der Waals surface area contributed by atoms with E-state index in [0.717, 1.165) is 49.7 Å². The molecule has 1 fully saturated rings. The minimum atomic E-state index is -0.632. The lowest BCUT2D eigenvalue weighted by atomic mass is 10.1. The first-order chi connectivity index (χ1) is 14.5. The third-order valence-corrected chi connectivity index (χ3v) is 6.41. The van der Waals surface area contributed by atoms with Gasteiger partial charge in [0, 0.05) is 44.1 Å². The van der Waals surface area contributed by atoms with E-state index in [4.69, 9.17) is 5.73 Å². The summed E-state index contributed by atoms with van der Waals surface area (Å²) < 4.78 is 0. The van der Waals surface area contributed by atoms with Gasteiger partial charge in [-0.05, 0) is 29.1 Å². The molecule has 8 heteroatoms. The summed E-state index contributed by atoms with van der Waals surface area (Å²) in [5.41, 5.74) is 7.60. The molecular formula is C22H31N5O2S. The van der Waals surface area contributed by atoms with Crippen LogP contribution in [0.15, 0.2) is 41.8 Å². The van der Waals surface area contributed by atoms with Gasteiger partial charge in [-0.25, -0.2) is 4.79 Å². The topological polar surface area (TPSA) is 90.7 Å². The van der Waals surface area contributed by atoms with E-state index in [1.807, 2.05) is 17.5 Å². The molecule has 0 saturated carbocycles. The van der Waals surface area contributed by atoms with Crippen LogP contribution in [-0.2, 0) is 17.9 Å². The van der Waals surface area contributed by atoms with E-state index in [0.29, 0.717) is 6.54 Å². The fraction of sp³-hybridized carbons (Fsp3) is 0.455. The second kappa shape index (κ2) is 11.1. The predicted octanol–water partition coefficient (Wildman–Crippen LogP) is 2.30. The second-order valence-electron chi connectivity index (χ2n) is 7.58. The van der Waals surface area contributed by atoms with Crippen molar-refractivity contribution in [3.8, 4) is 0 Å². The van der Waals surface area contributed by atoms with Crippen LogP contribution in [0.1, 0.15) is 35.4 Å². The summed E-state index contributed by atoms with van der Waals surface area (Å²) in [6, 6.07) is 11.1. The SMILES string of the molecule is CCN1CCN(Cc2ccc(CNC(=O)CC(NC(N)=O)c3cccs3)cc2)CC1. The Hall–Kier alpha value is -2.42. The quantitative estimate of drug-likeness (QED) is 0.571. The molecule has 1 aliphatic heterocycles. The molecule has 1 saturated heterocycles. The fourth-order valence-corrected chi connectivity index (χ4v) is 4.40. The molecule has 0 spiro atoms. The summed E-state index contributed by atoms with van der Waals surface area (Å²) in [6.45, 7) is 9.25. The van der Waals surface area contributed by atoms with E-state index in [1.165, 1.54) is 16.9 Å². The smallest absolute Gasteiger partial charge is 0.312 e. The Morgan fingerprint density at radius 3 is 2.33 bits per heavy atom. The number of piperazine rings is 1. The lowest BCUT2D eigenvalue weighted by molar-refractivity contribution is -0.121. The monoisotopic (exact) mass is 429 g/mol. The number of hydrogen-bond donors (Lipinski definition) is 3. The predicted molar refractivity (Wildman–Crippen MR) is 120 cm³/mol. The molecule has 2 heterocycles. The molecule has 1 atom stereocenters. The average Bonchev–Trinajstić information content (AvgIpc) is 3.28. The van der Waals surface area contributed by atoms with Gasteiger partial charge in [0.15, 0.2) is 0 Å². The molecular weight excluding hydrogens is 398 g/mol. The van der Waals surface area contributed by atoms with Crippen LogP contribution in [0.2, 0.25) is 0 Å². The Kier molecular flexibility index (Phi) is 8.24. The zero-order valence-electron chi connectivity index (χ0n) is 17.5. The number of benzene rings is 1. The van der Waals surface area contributed by atoms with E-state index in [1.54, 1.807) is 0 Å². The molecule has 1 aliphatic rings. The molecule has 0 bridgehead atoms. The van der Waals surface area contributed by atoms with E-state index in [9.17, 15) is 9.59 Å². The van der Waals surface area contributed by atoms with E-state index in [2.05, 4.69) is 51.6 Å². The maximum atomic E-state index is 12.4. The number of carbonyl (C=O) groups is 2. The first-order valence-corrected chi connectivity index (χ1v) is 11.3. The summed E-state index contributed by atoms with van der Waals surface area (Å²) >= 11 is 1.49. The van der Waals surface area contributed by atoms with Crippen LogP contribution in [0, 0.1) is 0 Å². The standard InChI is InChI=1S/C22H31N5O2S/c1-2-26-9-11-27(12-10-26)16-18-7-5-17(6-8-18)15-24-21(28)14-19(25-22(23)29)20-4-3-13-30-20/h3-8,13,19H,2,9-12,14-16H2,1H3,(H,24,28)(H3,23,25,29). The maximum absolute atomic E-state index is 12.4. The molecule has 3 amide bonds. The van der Waals surface area contributed by atoms with Gasteiger partial charge in [-0.15, -0.1) is 11.3 Å². The van der Waals surface area contributed by atoms with Crippen LogP contribution in [0.3, 0.4) is 0 Å². The summed E-state index contributed by atoms with van der Waals surface area (Å²) in [5.74, 6) is -0.125. The molecule has 2 aromatic rings. The van der Waals surface area contributed by atoms with Crippen molar-refractivity contribution in [1.29, 1.82) is 0 Å². The lowest BCUT2D eigenvalue weighted by Gasteiger charge is -2.34. The van der Waals surface area contributed by atoms with Crippen LogP contribution in [-0.4, -0.2) is 54.5 Å². The van der Waals surface area contributed by atoms with Gasteiger partial charge >= 0.3 is 6.03 Å². The first kappa shape index (κ1) is 22.3. The number of nitrogens with one attached hydrogen (secondary N) is 2. The number of nitrogens with zero attached hydrogens (tertiary/aromatic N) is 2. The van der Waals surface area contributed by atoms with Gasteiger partial charge in [-0.2, -0.15) is 0 Å². The van der Waals surface area contributed by atoms with Crippen molar-refractivity contribution in [1.82, 2.24) is 20.4 Å². The number of amides is 3. The Morgan fingerprint density at radius 2 is 1.73 bits per heavy atom. The number of hydrogen-bond acceptors (Lipinski definition) is 5. The fourth-order valence-electron chi connectivity index (χ4n) is 3.63. The van der Waals surface area contributed by atoms with E-state index in [-0.39, 0.29) is 12.3 Å². The zero-order valence-corrected chi connectivity index (χ0v) is 18.3. The third-order valence-electron chi connectivity index (χ3n) is 5.42. The highest BCUT2D eigenvalue weighted by Crippen LogP contribution is 2.22. The van der Waals surface area contributed by atoms with Crippen LogP contribution in [0.4, 0.5) is 4.79 Å². The van der Waals surface area contributed by atoms with Crippen molar-refractivity contribution in [3.05, 3.63) is 57.8 Å². The summed E-state index contributed by atoms with van der Waals surface area (Å²) in [6.07, 6.45) is 0.158. The number of thiophene rings is 1. The minimum Gasteiger partial charge on any atom is -0.352 e. The highest BCUT2D eigenvalue weighted by atomic mass is 32.1. The lowest BCUT2D eigenvalue weighted by Crippen LogP contribution is -2.45. The maximum Gasteiger partial charge on any atom is 0.312 e. The number of urea groups is 1. The number of rotatable bonds is 9. The van der Waals surface area contributed by atoms with E-state index < -0.39 is 12.1 Å². The normalized spacial score (nSPS) is 16.2. The average molecular weight is 430 g/mol. The van der Waals surface area contributed by atoms with Gasteiger partial charge in [0.25, 0.3) is 0 Å². The molecule has 3 rings (SSSR count). The number of nitrogens with two attached hydrogens (primary N) is 1. The molecule has 7 nitrogen and oxygen atoms in total. The van der Waals surface area contributed by atoms with Crippen molar-refractivity contribution in [2.24, 2.45) is 5.73 Å². The number of primary amides is 1. The molecule has 0 radical (unpaired) electrons. The highest BCUT2D eigenvalue weighted by molar-refractivity contribution is 7.10. The van der Waals surface area contributed by atoms with Crippen molar-refractivity contribution in [2.75, 3.05) is 32.7 Å². The Labute approximate surface area is 182 Å². The minimum absolute atomic E-state index is 0.125. The molecule has 0 aliphatic carbocycles. The Balaban J connectivity index is 1.45. The second-order valence-corrected chi connectivity index (χ2v) is 8.56. The molecule has 1 aromatic heterocycles. The van der Waals surface area contributed by atoms with Crippen LogP contribution in [0.5, 0.6) is 0 Å². The number of likely N-dealkylation sites (N-methyl/N-ethyl adjacent to an activating group) is 1. The van der Waals surface area contributed by atoms with E-state index >= 15 is 0 Å². The van der Waals surface area contributed by atoms with Crippen molar-refractivity contribution in [3.63, 3.8) is 0 Å². The Bertz CT molecular complexity index is 801. The zero-order chi connectivity index (χ0) is 21.3. The first-order valence-electron chi connectivity index (χ1n) is 10.4. The van der Waals surface area contributed by atoms with Crippen molar-refractivity contribution in [2.45, 2.75) is 32.5 Å². The highest BCUT2D eigenvalue weighted by Gasteiger charge is 2.18. The van der Waals surface area contributed by atoms with Gasteiger partial charge in [0.05, 0.1) is 12.5 Å². The van der Waals surface area contributed by atoms with Crippen molar-refractivity contribution < 1.29 is 9.59 Å². The summed E-state index contributed by atoms with van der Waals surface area (Å²) in [5, 5.41) is 7.49. The van der Waals surface area contributed by atoms with Gasteiger partial charge in [0.2, 0.25) is 5.91 Å². The number of carbonyl (C=O) groups excluding carboxylic acids is 2. The van der Waals surface area contributed by atoms with Crippen LogP contribution in [0.25, 0.3) is 0 Å². The molecule has 30 heavy (non-hydrogen) atoms. The molecule has 1 unspecified atom stereocenters. The van der Waals surface area contributed by atoms with Gasteiger partial charge in [-0.3, -0.25) is 9.69 Å².